The van der Waals surface area contributed by atoms with Crippen molar-refractivity contribution in [2.75, 3.05) is 13.2 Å². The smallest absolute Gasteiger partial charge is 0.256 e. The van der Waals surface area contributed by atoms with Crippen LogP contribution in [0.25, 0.3) is 0 Å². The molecule has 7 nitrogen and oxygen atoms in total. The molecule has 1 aliphatic heterocycles. The van der Waals surface area contributed by atoms with E-state index in [1.807, 2.05) is 24.7 Å². The quantitative estimate of drug-likeness (QED) is 0.905. The minimum Gasteiger partial charge on any atom is -0.477 e. The van der Waals surface area contributed by atoms with Crippen molar-refractivity contribution in [1.82, 2.24) is 19.9 Å². The number of nitrogens with zero attached hydrogens (tertiary/aromatic N) is 3. The van der Waals surface area contributed by atoms with Crippen LogP contribution in [0.15, 0.2) is 30.9 Å². The maximum absolute atomic E-state index is 12.6. The molecule has 0 bridgehead atoms. The van der Waals surface area contributed by atoms with E-state index in [9.17, 15) is 4.79 Å². The van der Waals surface area contributed by atoms with Crippen molar-refractivity contribution in [3.8, 4) is 5.88 Å². The Balaban J connectivity index is 1.67. The van der Waals surface area contributed by atoms with Gasteiger partial charge >= 0.3 is 0 Å². The molecule has 24 heavy (non-hydrogen) atoms. The van der Waals surface area contributed by atoms with Gasteiger partial charge < -0.3 is 19.4 Å². The van der Waals surface area contributed by atoms with Gasteiger partial charge in [-0.2, -0.15) is 0 Å². The Kier molecular flexibility index (Phi) is 5.10. The first-order chi connectivity index (χ1) is 11.7. The molecule has 2 atom stereocenters. The lowest BCUT2D eigenvalue weighted by Gasteiger charge is -2.30. The molecule has 0 unspecified atom stereocenters. The van der Waals surface area contributed by atoms with Gasteiger partial charge in [-0.05, 0) is 31.9 Å². The molecular weight excluding hydrogens is 308 g/mol. The fourth-order valence-corrected chi connectivity index (χ4v) is 2.89. The van der Waals surface area contributed by atoms with Crippen LogP contribution in [0, 0.1) is 0 Å². The normalized spacial score (nSPS) is 20.6. The molecule has 1 amide bonds. The average molecular weight is 330 g/mol. The predicted molar refractivity (Wildman–Crippen MR) is 87.8 cm³/mol. The molecule has 3 rings (SSSR count). The summed E-state index contributed by atoms with van der Waals surface area (Å²) in [5.74, 6) is 0.204. The molecule has 128 valence electrons. The van der Waals surface area contributed by atoms with Crippen LogP contribution in [0.5, 0.6) is 5.88 Å². The molecule has 0 spiro atoms. The van der Waals surface area contributed by atoms with Crippen molar-refractivity contribution in [1.29, 1.82) is 0 Å². The molecule has 3 heterocycles. The Morgan fingerprint density at radius 2 is 2.42 bits per heavy atom. The van der Waals surface area contributed by atoms with E-state index in [4.69, 9.17) is 9.47 Å². The standard InChI is InChI=1S/C17H22N4O3/c1-3-23-17-13(5-4-7-19-17)16(22)20-12-6-8-24-15(9-12)14-10-18-11-21(14)2/h4-5,7,10-12,15H,3,6,8-9H2,1-2H3,(H,20,22)/t12-,15-/m1/s1. The van der Waals surface area contributed by atoms with Gasteiger partial charge in [-0.25, -0.2) is 9.97 Å². The molecule has 0 radical (unpaired) electrons. The van der Waals surface area contributed by atoms with E-state index in [1.165, 1.54) is 0 Å². The van der Waals surface area contributed by atoms with Gasteiger partial charge in [-0.15, -0.1) is 0 Å². The van der Waals surface area contributed by atoms with Gasteiger partial charge in [-0.1, -0.05) is 0 Å². The van der Waals surface area contributed by atoms with Crippen molar-refractivity contribution in [2.45, 2.75) is 31.9 Å². The Morgan fingerprint density at radius 3 is 3.17 bits per heavy atom. The van der Waals surface area contributed by atoms with Crippen molar-refractivity contribution in [3.05, 3.63) is 42.1 Å². The number of imidazole rings is 1. The highest BCUT2D eigenvalue weighted by atomic mass is 16.5. The lowest BCUT2D eigenvalue weighted by atomic mass is 10.0. The number of aryl methyl sites for hydroxylation is 1. The summed E-state index contributed by atoms with van der Waals surface area (Å²) in [7, 11) is 1.94. The highest BCUT2D eigenvalue weighted by Gasteiger charge is 2.27. The van der Waals surface area contributed by atoms with Crippen LogP contribution in [0.4, 0.5) is 0 Å². The predicted octanol–water partition coefficient (Wildman–Crippen LogP) is 1.86. The largest absolute Gasteiger partial charge is 0.477 e. The third kappa shape index (κ3) is 3.56. The Bertz CT molecular complexity index is 701. The van der Waals surface area contributed by atoms with Crippen LogP contribution in [-0.2, 0) is 11.8 Å². The summed E-state index contributed by atoms with van der Waals surface area (Å²) in [4.78, 5) is 20.8. The van der Waals surface area contributed by atoms with E-state index >= 15 is 0 Å². The number of hydrogen-bond donors (Lipinski definition) is 1. The van der Waals surface area contributed by atoms with E-state index < -0.39 is 0 Å². The fourth-order valence-electron chi connectivity index (χ4n) is 2.89. The second kappa shape index (κ2) is 7.44. The monoisotopic (exact) mass is 330 g/mol. The number of amides is 1. The Morgan fingerprint density at radius 1 is 1.54 bits per heavy atom. The maximum Gasteiger partial charge on any atom is 0.256 e. The zero-order valence-corrected chi connectivity index (χ0v) is 13.9. The van der Waals surface area contributed by atoms with Crippen LogP contribution >= 0.6 is 0 Å². The molecule has 0 saturated carbocycles. The van der Waals surface area contributed by atoms with Gasteiger partial charge in [0.15, 0.2) is 0 Å². The number of pyridine rings is 1. The lowest BCUT2D eigenvalue weighted by molar-refractivity contribution is -0.00303. The summed E-state index contributed by atoms with van der Waals surface area (Å²) < 4.78 is 13.2. The van der Waals surface area contributed by atoms with Crippen LogP contribution in [0.2, 0.25) is 0 Å². The number of ether oxygens (including phenoxy) is 2. The molecule has 1 fully saturated rings. The van der Waals surface area contributed by atoms with Crippen molar-refractivity contribution in [3.63, 3.8) is 0 Å². The van der Waals surface area contributed by atoms with Gasteiger partial charge in [0, 0.05) is 25.9 Å². The topological polar surface area (TPSA) is 78.3 Å². The number of nitrogens with one attached hydrogen (secondary N) is 1. The van der Waals surface area contributed by atoms with Crippen LogP contribution < -0.4 is 10.1 Å². The zero-order chi connectivity index (χ0) is 16.9. The number of aromatic nitrogens is 3. The van der Waals surface area contributed by atoms with E-state index in [0.717, 1.165) is 18.5 Å². The molecule has 0 aliphatic carbocycles. The first kappa shape index (κ1) is 16.4. The van der Waals surface area contributed by atoms with Crippen LogP contribution in [-0.4, -0.2) is 39.7 Å². The van der Waals surface area contributed by atoms with Crippen LogP contribution in [0.3, 0.4) is 0 Å². The maximum atomic E-state index is 12.6. The fraction of sp³-hybridized carbons (Fsp3) is 0.471. The van der Waals surface area contributed by atoms with E-state index in [2.05, 4.69) is 15.3 Å². The molecule has 2 aromatic heterocycles. The van der Waals surface area contributed by atoms with Gasteiger partial charge in [0.1, 0.15) is 11.7 Å². The second-order valence-electron chi connectivity index (χ2n) is 5.77. The lowest BCUT2D eigenvalue weighted by Crippen LogP contribution is -2.40. The Labute approximate surface area is 141 Å². The van der Waals surface area contributed by atoms with Crippen LogP contribution in [0.1, 0.15) is 41.9 Å². The number of carbonyl (C=O) groups is 1. The van der Waals surface area contributed by atoms with Crippen molar-refractivity contribution >= 4 is 5.91 Å². The highest BCUT2D eigenvalue weighted by molar-refractivity contribution is 5.96. The molecule has 1 N–H and O–H groups in total. The third-order valence-corrected chi connectivity index (χ3v) is 4.10. The number of rotatable bonds is 5. The summed E-state index contributed by atoms with van der Waals surface area (Å²) in [6, 6.07) is 3.51. The first-order valence-corrected chi connectivity index (χ1v) is 8.15. The average Bonchev–Trinajstić information content (AvgIpc) is 3.02. The zero-order valence-electron chi connectivity index (χ0n) is 13.9. The third-order valence-electron chi connectivity index (χ3n) is 4.10. The summed E-state index contributed by atoms with van der Waals surface area (Å²) in [6.07, 6.45) is 6.62. The molecule has 1 saturated heterocycles. The van der Waals surface area contributed by atoms with Gasteiger partial charge in [0.05, 0.1) is 24.8 Å². The van der Waals surface area contributed by atoms with E-state index in [-0.39, 0.29) is 18.1 Å². The van der Waals surface area contributed by atoms with Gasteiger partial charge in [0.2, 0.25) is 5.88 Å². The molecule has 0 aromatic carbocycles. The molecule has 1 aliphatic rings. The molecule has 2 aromatic rings. The molecule has 7 heteroatoms. The second-order valence-corrected chi connectivity index (χ2v) is 5.77. The van der Waals surface area contributed by atoms with Gasteiger partial charge in [-0.3, -0.25) is 4.79 Å². The number of hydrogen-bond acceptors (Lipinski definition) is 5. The minimum atomic E-state index is -0.165. The summed E-state index contributed by atoms with van der Waals surface area (Å²) in [5.41, 5.74) is 1.48. The minimum absolute atomic E-state index is 0.0424. The van der Waals surface area contributed by atoms with E-state index in [1.54, 1.807) is 24.7 Å². The first-order valence-electron chi connectivity index (χ1n) is 8.15. The summed E-state index contributed by atoms with van der Waals surface area (Å²) in [6.45, 7) is 2.94. The summed E-state index contributed by atoms with van der Waals surface area (Å²) >= 11 is 0. The molecular formula is C17H22N4O3. The Hall–Kier alpha value is -2.41. The summed E-state index contributed by atoms with van der Waals surface area (Å²) in [5, 5.41) is 3.08. The number of carbonyl (C=O) groups excluding carboxylic acids is 1. The van der Waals surface area contributed by atoms with E-state index in [0.29, 0.717) is 24.7 Å². The van der Waals surface area contributed by atoms with Crippen molar-refractivity contribution < 1.29 is 14.3 Å². The SMILES string of the molecule is CCOc1ncccc1C(=O)N[C@@H]1CCO[C@@H](c2cncn2C)C1. The highest BCUT2D eigenvalue weighted by Crippen LogP contribution is 2.28. The van der Waals surface area contributed by atoms with Gasteiger partial charge in [0.25, 0.3) is 5.91 Å². The van der Waals surface area contributed by atoms with Crippen molar-refractivity contribution in [2.24, 2.45) is 7.05 Å².